The molecule has 0 unspecified atom stereocenters. The van der Waals surface area contributed by atoms with E-state index in [9.17, 15) is 5.26 Å². The van der Waals surface area contributed by atoms with E-state index in [0.29, 0.717) is 5.56 Å². The van der Waals surface area contributed by atoms with Crippen LogP contribution in [0.3, 0.4) is 0 Å². The summed E-state index contributed by atoms with van der Waals surface area (Å²) in [6.45, 7) is 0. The molecule has 0 aliphatic heterocycles. The van der Waals surface area contributed by atoms with E-state index in [1.165, 1.54) is 64.6 Å². The normalized spacial score (nSPS) is 11.9. The van der Waals surface area contributed by atoms with Gasteiger partial charge in [-0.1, -0.05) is 97.1 Å². The summed E-state index contributed by atoms with van der Waals surface area (Å²) < 4.78 is 0. The largest absolute Gasteiger partial charge is 0.309 e. The number of hydrogen-bond donors (Lipinski definition) is 0. The van der Waals surface area contributed by atoms with Crippen molar-refractivity contribution >= 4 is 81.7 Å². The van der Waals surface area contributed by atoms with Crippen LogP contribution in [-0.4, -0.2) is 0 Å². The summed E-state index contributed by atoms with van der Waals surface area (Å²) in [7, 11) is 0. The molecule has 0 spiro atoms. The first-order valence-corrected chi connectivity index (χ1v) is 13.9. The number of hydrogen-bond acceptors (Lipinski definition) is 2. The van der Waals surface area contributed by atoms with Crippen LogP contribution in [0.5, 0.6) is 0 Å². The molecule has 9 rings (SSSR count). The van der Waals surface area contributed by atoms with Gasteiger partial charge in [-0.2, -0.15) is 5.26 Å². The summed E-state index contributed by atoms with van der Waals surface area (Å²) in [5.41, 5.74) is 3.92. The number of anilines is 3. The van der Waals surface area contributed by atoms with Crippen LogP contribution in [0.2, 0.25) is 0 Å². The lowest BCUT2D eigenvalue weighted by molar-refractivity contribution is 1.31. The first kappa shape index (κ1) is 22.2. The summed E-state index contributed by atoms with van der Waals surface area (Å²) in [6, 6.07) is 50.2. The highest BCUT2D eigenvalue weighted by Crippen LogP contribution is 2.47. The molecule has 0 aromatic heterocycles. The molecule has 0 N–H and O–H groups in total. The lowest BCUT2D eigenvalue weighted by atomic mass is 9.91. The van der Waals surface area contributed by atoms with E-state index in [4.69, 9.17) is 0 Å². The molecule has 0 aliphatic carbocycles. The third-order valence-corrected chi connectivity index (χ3v) is 8.75. The van der Waals surface area contributed by atoms with Gasteiger partial charge in [-0.25, -0.2) is 0 Å². The van der Waals surface area contributed by atoms with E-state index >= 15 is 0 Å². The van der Waals surface area contributed by atoms with Gasteiger partial charge >= 0.3 is 0 Å². The van der Waals surface area contributed by atoms with Gasteiger partial charge in [0.05, 0.1) is 23.0 Å². The molecule has 9 aromatic rings. The molecule has 0 heterocycles. The van der Waals surface area contributed by atoms with Crippen molar-refractivity contribution in [2.24, 2.45) is 0 Å². The zero-order chi connectivity index (χ0) is 27.1. The first-order valence-electron chi connectivity index (χ1n) is 13.9. The van der Waals surface area contributed by atoms with Crippen molar-refractivity contribution in [1.29, 1.82) is 5.26 Å². The Kier molecular flexibility index (Phi) is 4.43. The Bertz CT molecular complexity index is 2300. The van der Waals surface area contributed by atoms with Crippen LogP contribution in [0.25, 0.3) is 64.6 Å². The summed E-state index contributed by atoms with van der Waals surface area (Å²) in [4.78, 5) is 2.37. The standard InChI is InChI=1S/C39H22N2/c40-23-24-7-17-31(18-8-24)41(34-21-15-29-11-9-25-3-1-5-27-13-19-32(34)38(29)36(25)27)35-22-16-30-12-10-26-4-2-6-28-14-20-33(35)39(30)37(26)28/h1-22H. The molecule has 0 atom stereocenters. The minimum absolute atomic E-state index is 0.652. The number of rotatable bonds is 3. The number of nitriles is 1. The minimum Gasteiger partial charge on any atom is -0.309 e. The molecule has 0 bridgehead atoms. The molecule has 0 amide bonds. The lowest BCUT2D eigenvalue weighted by Crippen LogP contribution is -2.11. The van der Waals surface area contributed by atoms with Gasteiger partial charge in [-0.3, -0.25) is 0 Å². The Hall–Kier alpha value is -5.65. The second-order valence-electron chi connectivity index (χ2n) is 10.9. The maximum absolute atomic E-state index is 9.53. The molecule has 2 nitrogen and oxygen atoms in total. The van der Waals surface area contributed by atoms with Crippen LogP contribution >= 0.6 is 0 Å². The fourth-order valence-electron chi connectivity index (χ4n) is 6.92. The monoisotopic (exact) mass is 518 g/mol. The molecule has 0 fully saturated rings. The van der Waals surface area contributed by atoms with Crippen LogP contribution in [-0.2, 0) is 0 Å². The highest BCUT2D eigenvalue weighted by Gasteiger charge is 2.21. The Labute approximate surface area is 236 Å². The van der Waals surface area contributed by atoms with Crippen molar-refractivity contribution in [3.63, 3.8) is 0 Å². The van der Waals surface area contributed by atoms with Crippen molar-refractivity contribution in [2.45, 2.75) is 0 Å². The minimum atomic E-state index is 0.652. The van der Waals surface area contributed by atoms with Crippen molar-refractivity contribution in [2.75, 3.05) is 4.90 Å². The Morgan fingerprint density at radius 3 is 1.22 bits per heavy atom. The Morgan fingerprint density at radius 1 is 0.390 bits per heavy atom. The van der Waals surface area contributed by atoms with Gasteiger partial charge in [-0.15, -0.1) is 0 Å². The molecule has 2 heteroatoms. The van der Waals surface area contributed by atoms with Gasteiger partial charge in [0.25, 0.3) is 0 Å². The average molecular weight is 519 g/mol. The molecule has 0 saturated carbocycles. The maximum Gasteiger partial charge on any atom is 0.0991 e. The van der Waals surface area contributed by atoms with Gasteiger partial charge < -0.3 is 4.90 Å². The number of nitrogens with zero attached hydrogens (tertiary/aromatic N) is 2. The SMILES string of the molecule is N#Cc1ccc(N(c2ccc3ccc4cccc5ccc2c3c45)c2ccc3ccc4cccc5ccc2c3c45)cc1. The van der Waals surface area contributed by atoms with E-state index in [1.54, 1.807) is 0 Å². The van der Waals surface area contributed by atoms with E-state index in [1.807, 2.05) is 12.1 Å². The van der Waals surface area contributed by atoms with Crippen molar-refractivity contribution in [3.8, 4) is 6.07 Å². The molecular weight excluding hydrogens is 496 g/mol. The van der Waals surface area contributed by atoms with E-state index in [0.717, 1.165) is 17.1 Å². The topological polar surface area (TPSA) is 27.0 Å². The highest BCUT2D eigenvalue weighted by molar-refractivity contribution is 6.28. The molecular formula is C39H22N2. The Morgan fingerprint density at radius 2 is 0.780 bits per heavy atom. The summed E-state index contributed by atoms with van der Waals surface area (Å²) in [6.07, 6.45) is 0. The van der Waals surface area contributed by atoms with Gasteiger partial charge in [0.1, 0.15) is 0 Å². The quantitative estimate of drug-likeness (QED) is 0.218. The van der Waals surface area contributed by atoms with E-state index in [2.05, 4.69) is 132 Å². The second-order valence-corrected chi connectivity index (χ2v) is 10.9. The van der Waals surface area contributed by atoms with Crippen LogP contribution in [0.15, 0.2) is 133 Å². The van der Waals surface area contributed by atoms with Crippen molar-refractivity contribution in [1.82, 2.24) is 0 Å². The molecule has 0 aliphatic rings. The fourth-order valence-corrected chi connectivity index (χ4v) is 6.92. The van der Waals surface area contributed by atoms with Crippen LogP contribution < -0.4 is 4.90 Å². The third kappa shape index (κ3) is 3.06. The summed E-state index contributed by atoms with van der Waals surface area (Å²) in [5, 5.41) is 24.6. The number of benzene rings is 9. The average Bonchev–Trinajstić information content (AvgIpc) is 3.04. The van der Waals surface area contributed by atoms with Gasteiger partial charge in [0, 0.05) is 16.5 Å². The zero-order valence-corrected chi connectivity index (χ0v) is 22.1. The smallest absolute Gasteiger partial charge is 0.0991 e. The Balaban J connectivity index is 1.41. The van der Waals surface area contributed by atoms with Crippen molar-refractivity contribution < 1.29 is 0 Å². The van der Waals surface area contributed by atoms with Gasteiger partial charge in [0.2, 0.25) is 0 Å². The van der Waals surface area contributed by atoms with Crippen molar-refractivity contribution in [3.05, 3.63) is 139 Å². The zero-order valence-electron chi connectivity index (χ0n) is 22.1. The predicted molar refractivity (Wildman–Crippen MR) is 173 cm³/mol. The third-order valence-electron chi connectivity index (χ3n) is 8.75. The van der Waals surface area contributed by atoms with E-state index < -0.39 is 0 Å². The van der Waals surface area contributed by atoms with Crippen LogP contribution in [0.1, 0.15) is 5.56 Å². The molecule has 41 heavy (non-hydrogen) atoms. The second kappa shape index (κ2) is 8.18. The van der Waals surface area contributed by atoms with Gasteiger partial charge in [-0.05, 0) is 90.3 Å². The highest BCUT2D eigenvalue weighted by atomic mass is 15.1. The molecule has 188 valence electrons. The molecule has 0 saturated heterocycles. The summed E-state index contributed by atoms with van der Waals surface area (Å²) >= 11 is 0. The molecule has 0 radical (unpaired) electrons. The van der Waals surface area contributed by atoms with Crippen LogP contribution in [0.4, 0.5) is 17.1 Å². The van der Waals surface area contributed by atoms with E-state index in [-0.39, 0.29) is 0 Å². The van der Waals surface area contributed by atoms with Crippen LogP contribution in [0, 0.1) is 11.3 Å². The van der Waals surface area contributed by atoms with Gasteiger partial charge in [0.15, 0.2) is 0 Å². The lowest BCUT2D eigenvalue weighted by Gasteiger charge is -2.29. The summed E-state index contributed by atoms with van der Waals surface area (Å²) in [5.74, 6) is 0. The maximum atomic E-state index is 9.53. The fraction of sp³-hybridized carbons (Fsp3) is 0. The predicted octanol–water partition coefficient (Wildman–Crippen LogP) is 10.8. The molecule has 9 aromatic carbocycles. The first-order chi connectivity index (χ1) is 20.3.